The number of fused-ring (bicyclic) bond motifs is 1. The van der Waals surface area contributed by atoms with Gasteiger partial charge in [-0.3, -0.25) is 14.7 Å². The molecular formula is C15H19N3O. The summed E-state index contributed by atoms with van der Waals surface area (Å²) in [6.07, 6.45) is 1.80. The average molecular weight is 257 g/mol. The number of carbonyl (C=O) groups is 1. The van der Waals surface area contributed by atoms with Gasteiger partial charge in [0.2, 0.25) is 5.91 Å². The zero-order valence-electron chi connectivity index (χ0n) is 11.6. The van der Waals surface area contributed by atoms with Gasteiger partial charge in [-0.25, -0.2) is 0 Å². The number of likely N-dealkylation sites (N-methyl/N-ethyl adjacent to an activating group) is 2. The molecule has 0 saturated carbocycles. The molecule has 1 aromatic heterocycles. The van der Waals surface area contributed by atoms with Crippen molar-refractivity contribution in [1.29, 1.82) is 0 Å². The fraction of sp³-hybridized carbons (Fsp3) is 0.333. The Morgan fingerprint density at radius 2 is 1.89 bits per heavy atom. The molecule has 4 nitrogen and oxygen atoms in total. The number of benzene rings is 1. The van der Waals surface area contributed by atoms with Crippen LogP contribution in [-0.4, -0.2) is 48.4 Å². The summed E-state index contributed by atoms with van der Waals surface area (Å²) < 4.78 is 0. The van der Waals surface area contributed by atoms with Gasteiger partial charge in [0.25, 0.3) is 0 Å². The second kappa shape index (κ2) is 5.80. The first kappa shape index (κ1) is 13.5. The number of aromatic nitrogens is 1. The van der Waals surface area contributed by atoms with Crippen LogP contribution in [0.2, 0.25) is 0 Å². The van der Waals surface area contributed by atoms with Crippen molar-refractivity contribution in [3.05, 3.63) is 42.1 Å². The molecule has 0 unspecified atom stereocenters. The second-order valence-corrected chi connectivity index (χ2v) is 4.95. The lowest BCUT2D eigenvalue weighted by Crippen LogP contribution is -2.34. The molecule has 0 atom stereocenters. The van der Waals surface area contributed by atoms with Crippen LogP contribution < -0.4 is 0 Å². The van der Waals surface area contributed by atoms with Crippen molar-refractivity contribution in [2.75, 3.05) is 27.7 Å². The predicted octanol–water partition coefficient (Wildman–Crippen LogP) is 1.75. The molecule has 2 rings (SSSR count). The molecule has 1 aromatic carbocycles. The van der Waals surface area contributed by atoms with E-state index in [1.807, 2.05) is 24.1 Å². The van der Waals surface area contributed by atoms with Crippen LogP contribution in [0, 0.1) is 0 Å². The Kier molecular flexibility index (Phi) is 4.12. The smallest absolute Gasteiger partial charge is 0.236 e. The molecule has 0 aliphatic heterocycles. The fourth-order valence-electron chi connectivity index (χ4n) is 2.01. The lowest BCUT2D eigenvalue weighted by atomic mass is 10.1. The molecule has 0 aliphatic rings. The number of carbonyl (C=O) groups excluding carboxylic acids is 1. The van der Waals surface area contributed by atoms with Crippen LogP contribution in [0.15, 0.2) is 36.5 Å². The first-order chi connectivity index (χ1) is 9.08. The van der Waals surface area contributed by atoms with E-state index in [2.05, 4.69) is 23.2 Å². The molecule has 1 amide bonds. The van der Waals surface area contributed by atoms with Crippen molar-refractivity contribution in [2.45, 2.75) is 6.54 Å². The molecule has 0 radical (unpaired) electrons. The molecule has 100 valence electrons. The Morgan fingerprint density at radius 3 is 2.63 bits per heavy atom. The maximum absolute atomic E-state index is 11.7. The highest BCUT2D eigenvalue weighted by Gasteiger charge is 2.10. The van der Waals surface area contributed by atoms with Crippen LogP contribution >= 0.6 is 0 Å². The van der Waals surface area contributed by atoms with E-state index >= 15 is 0 Å². The monoisotopic (exact) mass is 257 g/mol. The van der Waals surface area contributed by atoms with Gasteiger partial charge in [0, 0.05) is 32.2 Å². The lowest BCUT2D eigenvalue weighted by molar-refractivity contribution is -0.129. The van der Waals surface area contributed by atoms with Crippen molar-refractivity contribution in [2.24, 2.45) is 0 Å². The Hall–Kier alpha value is -1.94. The largest absolute Gasteiger partial charge is 0.348 e. The number of hydrogen-bond donors (Lipinski definition) is 0. The molecular weight excluding hydrogens is 238 g/mol. The van der Waals surface area contributed by atoms with Gasteiger partial charge in [-0.1, -0.05) is 24.3 Å². The third-order valence-corrected chi connectivity index (χ3v) is 3.06. The van der Waals surface area contributed by atoms with Crippen LogP contribution in [0.1, 0.15) is 5.56 Å². The Balaban J connectivity index is 2.15. The van der Waals surface area contributed by atoms with Gasteiger partial charge in [-0.2, -0.15) is 0 Å². The van der Waals surface area contributed by atoms with E-state index in [1.165, 1.54) is 0 Å². The van der Waals surface area contributed by atoms with E-state index in [-0.39, 0.29) is 5.91 Å². The SMILES string of the molecule is CN(CC(=O)N(C)C)Cc1cccc2cccnc12. The first-order valence-corrected chi connectivity index (χ1v) is 6.29. The summed E-state index contributed by atoms with van der Waals surface area (Å²) in [6, 6.07) is 10.1. The topological polar surface area (TPSA) is 36.4 Å². The molecule has 0 N–H and O–H groups in total. The van der Waals surface area contributed by atoms with Crippen molar-refractivity contribution >= 4 is 16.8 Å². The second-order valence-electron chi connectivity index (χ2n) is 4.95. The summed E-state index contributed by atoms with van der Waals surface area (Å²) in [5.74, 6) is 0.107. The number of rotatable bonds is 4. The normalized spacial score (nSPS) is 10.9. The molecule has 0 saturated heterocycles. The number of pyridine rings is 1. The zero-order valence-corrected chi connectivity index (χ0v) is 11.6. The average Bonchev–Trinajstić information content (AvgIpc) is 2.39. The molecule has 2 aromatic rings. The van der Waals surface area contributed by atoms with Gasteiger partial charge in [0.05, 0.1) is 12.1 Å². The molecule has 1 heterocycles. The summed E-state index contributed by atoms with van der Waals surface area (Å²) >= 11 is 0. The standard InChI is InChI=1S/C15H19N3O/c1-17(2)14(19)11-18(3)10-13-7-4-6-12-8-5-9-16-15(12)13/h4-9H,10-11H2,1-3H3. The van der Waals surface area contributed by atoms with Crippen LogP contribution in [0.25, 0.3) is 10.9 Å². The van der Waals surface area contributed by atoms with Gasteiger partial charge >= 0.3 is 0 Å². The number of amides is 1. The molecule has 0 bridgehead atoms. The quantitative estimate of drug-likeness (QED) is 0.837. The Morgan fingerprint density at radius 1 is 1.16 bits per heavy atom. The van der Waals surface area contributed by atoms with Crippen LogP contribution in [0.4, 0.5) is 0 Å². The maximum Gasteiger partial charge on any atom is 0.236 e. The van der Waals surface area contributed by atoms with Crippen molar-refractivity contribution in [3.63, 3.8) is 0 Å². The van der Waals surface area contributed by atoms with E-state index in [9.17, 15) is 4.79 Å². The van der Waals surface area contributed by atoms with Crippen LogP contribution in [0.3, 0.4) is 0 Å². The summed E-state index contributed by atoms with van der Waals surface area (Å²) in [7, 11) is 5.49. The zero-order chi connectivity index (χ0) is 13.8. The molecule has 4 heteroatoms. The van der Waals surface area contributed by atoms with E-state index < -0.39 is 0 Å². The van der Waals surface area contributed by atoms with E-state index in [4.69, 9.17) is 0 Å². The molecule has 0 aliphatic carbocycles. The van der Waals surface area contributed by atoms with Gasteiger partial charge < -0.3 is 4.90 Å². The summed E-state index contributed by atoms with van der Waals surface area (Å²) in [5.41, 5.74) is 2.15. The lowest BCUT2D eigenvalue weighted by Gasteiger charge is -2.19. The van der Waals surface area contributed by atoms with Gasteiger partial charge in [-0.05, 0) is 18.7 Å². The van der Waals surface area contributed by atoms with Gasteiger partial charge in [0.1, 0.15) is 0 Å². The first-order valence-electron chi connectivity index (χ1n) is 6.29. The van der Waals surface area contributed by atoms with Gasteiger partial charge in [-0.15, -0.1) is 0 Å². The summed E-state index contributed by atoms with van der Waals surface area (Å²) in [4.78, 5) is 19.7. The highest BCUT2D eigenvalue weighted by molar-refractivity contribution is 5.81. The minimum Gasteiger partial charge on any atom is -0.348 e. The fourth-order valence-corrected chi connectivity index (χ4v) is 2.01. The van der Waals surface area contributed by atoms with Crippen molar-refractivity contribution in [1.82, 2.24) is 14.8 Å². The van der Waals surface area contributed by atoms with E-state index in [1.54, 1.807) is 25.2 Å². The van der Waals surface area contributed by atoms with E-state index in [0.29, 0.717) is 13.1 Å². The van der Waals surface area contributed by atoms with Crippen molar-refractivity contribution < 1.29 is 4.79 Å². The summed E-state index contributed by atoms with van der Waals surface area (Å²) in [6.45, 7) is 1.13. The van der Waals surface area contributed by atoms with Gasteiger partial charge in [0.15, 0.2) is 0 Å². The number of hydrogen-bond acceptors (Lipinski definition) is 3. The van der Waals surface area contributed by atoms with Crippen LogP contribution in [-0.2, 0) is 11.3 Å². The summed E-state index contributed by atoms with van der Waals surface area (Å²) in [5, 5.41) is 1.13. The molecule has 0 spiro atoms. The van der Waals surface area contributed by atoms with Crippen molar-refractivity contribution in [3.8, 4) is 0 Å². The number of para-hydroxylation sites is 1. The van der Waals surface area contributed by atoms with E-state index in [0.717, 1.165) is 16.5 Å². The Bertz CT molecular complexity index is 575. The predicted molar refractivity (Wildman–Crippen MR) is 76.8 cm³/mol. The third-order valence-electron chi connectivity index (χ3n) is 3.06. The minimum atomic E-state index is 0.107. The van der Waals surface area contributed by atoms with Crippen LogP contribution in [0.5, 0.6) is 0 Å². The number of nitrogens with zero attached hydrogens (tertiary/aromatic N) is 3. The third kappa shape index (κ3) is 3.29. The molecule has 0 fully saturated rings. The molecule has 19 heavy (non-hydrogen) atoms. The highest BCUT2D eigenvalue weighted by atomic mass is 16.2. The Labute approximate surface area is 113 Å². The maximum atomic E-state index is 11.7. The highest BCUT2D eigenvalue weighted by Crippen LogP contribution is 2.17. The minimum absolute atomic E-state index is 0.107.